The first-order valence-electron chi connectivity index (χ1n) is 5.66. The first-order valence-corrected chi connectivity index (χ1v) is 6.54. The van der Waals surface area contributed by atoms with Crippen LogP contribution in [-0.2, 0) is 6.54 Å². The van der Waals surface area contributed by atoms with Gasteiger partial charge in [0.05, 0.1) is 17.2 Å². The van der Waals surface area contributed by atoms with E-state index in [2.05, 4.69) is 10.3 Å². The number of hydrogen-bond acceptors (Lipinski definition) is 4. The topological polar surface area (TPSA) is 28.2 Å². The lowest BCUT2D eigenvalue weighted by molar-refractivity contribution is -0.125. The van der Waals surface area contributed by atoms with Crippen LogP contribution in [0.25, 0.3) is 0 Å². The zero-order valence-electron chi connectivity index (χ0n) is 10.7. The zero-order valence-corrected chi connectivity index (χ0v) is 11.5. The number of halogens is 3. The van der Waals surface area contributed by atoms with Gasteiger partial charge in [0.1, 0.15) is 0 Å². The summed E-state index contributed by atoms with van der Waals surface area (Å²) in [5, 5.41) is 5.39. The first kappa shape index (κ1) is 15.4. The van der Waals surface area contributed by atoms with Gasteiger partial charge in [0, 0.05) is 24.5 Å². The van der Waals surface area contributed by atoms with E-state index in [9.17, 15) is 13.2 Å². The van der Waals surface area contributed by atoms with E-state index < -0.39 is 12.7 Å². The first-order chi connectivity index (χ1) is 8.28. The largest absolute Gasteiger partial charge is 0.401 e. The molecule has 18 heavy (non-hydrogen) atoms. The van der Waals surface area contributed by atoms with Crippen molar-refractivity contribution in [2.75, 3.05) is 20.1 Å². The van der Waals surface area contributed by atoms with Crippen molar-refractivity contribution < 1.29 is 13.2 Å². The highest BCUT2D eigenvalue weighted by Gasteiger charge is 2.26. The van der Waals surface area contributed by atoms with E-state index in [4.69, 9.17) is 0 Å². The number of nitrogens with one attached hydrogen (secondary N) is 1. The van der Waals surface area contributed by atoms with E-state index in [1.165, 1.54) is 0 Å². The van der Waals surface area contributed by atoms with Crippen LogP contribution in [0.15, 0.2) is 5.38 Å². The molecule has 0 fully saturated rings. The van der Waals surface area contributed by atoms with Crippen molar-refractivity contribution >= 4 is 11.3 Å². The van der Waals surface area contributed by atoms with E-state index in [0.29, 0.717) is 13.1 Å². The normalized spacial score (nSPS) is 14.2. The summed E-state index contributed by atoms with van der Waals surface area (Å²) in [6, 6.07) is 0.0226. The van der Waals surface area contributed by atoms with Gasteiger partial charge in [-0.25, -0.2) is 4.98 Å². The standard InChI is InChI=1S/C11H18F3N3S/c1-8(4-15-7-11(12,13)14)17(3)5-10-6-18-9(2)16-10/h6,8,15H,4-5,7H2,1-3H3. The molecule has 0 bridgehead atoms. The quantitative estimate of drug-likeness (QED) is 0.868. The van der Waals surface area contributed by atoms with Crippen molar-refractivity contribution in [1.29, 1.82) is 0 Å². The molecule has 1 aromatic rings. The lowest BCUT2D eigenvalue weighted by Gasteiger charge is -2.24. The van der Waals surface area contributed by atoms with Crippen LogP contribution in [0.1, 0.15) is 17.6 Å². The highest BCUT2D eigenvalue weighted by atomic mass is 32.1. The Balaban J connectivity index is 2.30. The number of nitrogens with zero attached hydrogens (tertiary/aromatic N) is 2. The Morgan fingerprint density at radius 1 is 1.50 bits per heavy atom. The lowest BCUT2D eigenvalue weighted by atomic mass is 10.3. The summed E-state index contributed by atoms with van der Waals surface area (Å²) in [4.78, 5) is 6.31. The molecule has 0 saturated heterocycles. The predicted molar refractivity (Wildman–Crippen MR) is 66.7 cm³/mol. The monoisotopic (exact) mass is 281 g/mol. The number of thiazole rings is 1. The molecule has 1 atom stereocenters. The minimum atomic E-state index is -4.15. The molecule has 104 valence electrons. The summed E-state index contributed by atoms with van der Waals surface area (Å²) in [5.41, 5.74) is 0.961. The summed E-state index contributed by atoms with van der Waals surface area (Å²) in [6.07, 6.45) is -4.15. The lowest BCUT2D eigenvalue weighted by Crippen LogP contribution is -2.40. The fourth-order valence-corrected chi connectivity index (χ4v) is 2.07. The maximum Gasteiger partial charge on any atom is 0.401 e. The molecule has 1 heterocycles. The third kappa shape index (κ3) is 5.79. The Morgan fingerprint density at radius 3 is 2.67 bits per heavy atom. The number of rotatable bonds is 6. The molecule has 0 aliphatic heterocycles. The van der Waals surface area contributed by atoms with Crippen molar-refractivity contribution in [2.24, 2.45) is 0 Å². The Morgan fingerprint density at radius 2 is 2.17 bits per heavy atom. The molecule has 0 amide bonds. The Bertz CT molecular complexity index is 365. The van der Waals surface area contributed by atoms with Crippen LogP contribution in [-0.4, -0.2) is 42.2 Å². The van der Waals surface area contributed by atoms with Gasteiger partial charge in [-0.05, 0) is 20.9 Å². The second-order valence-corrected chi connectivity index (χ2v) is 5.43. The highest BCUT2D eigenvalue weighted by Crippen LogP contribution is 2.13. The third-order valence-electron chi connectivity index (χ3n) is 2.60. The average molecular weight is 281 g/mol. The molecule has 0 aliphatic carbocycles. The molecular weight excluding hydrogens is 263 g/mol. The molecule has 0 radical (unpaired) electrons. The van der Waals surface area contributed by atoms with Gasteiger partial charge < -0.3 is 5.32 Å². The van der Waals surface area contributed by atoms with E-state index in [1.807, 2.05) is 31.2 Å². The fourth-order valence-electron chi connectivity index (χ4n) is 1.47. The van der Waals surface area contributed by atoms with E-state index >= 15 is 0 Å². The molecule has 1 aromatic heterocycles. The third-order valence-corrected chi connectivity index (χ3v) is 3.42. The summed E-state index contributed by atoms with van der Waals surface area (Å²) < 4.78 is 35.9. The van der Waals surface area contributed by atoms with Crippen LogP contribution >= 0.6 is 11.3 Å². The summed E-state index contributed by atoms with van der Waals surface area (Å²) >= 11 is 1.58. The van der Waals surface area contributed by atoms with E-state index in [0.717, 1.165) is 10.7 Å². The molecule has 0 saturated carbocycles. The minimum absolute atomic E-state index is 0.0226. The van der Waals surface area contributed by atoms with Gasteiger partial charge in [-0.2, -0.15) is 13.2 Å². The molecular formula is C11H18F3N3S. The van der Waals surface area contributed by atoms with Crippen LogP contribution in [0.4, 0.5) is 13.2 Å². The van der Waals surface area contributed by atoms with Gasteiger partial charge in [0.25, 0.3) is 0 Å². The zero-order chi connectivity index (χ0) is 13.8. The number of aryl methyl sites for hydroxylation is 1. The van der Waals surface area contributed by atoms with Gasteiger partial charge in [0.2, 0.25) is 0 Å². The second-order valence-electron chi connectivity index (χ2n) is 4.37. The molecule has 0 spiro atoms. The number of likely N-dealkylation sites (N-methyl/N-ethyl adjacent to an activating group) is 1. The SMILES string of the molecule is Cc1nc(CN(C)C(C)CNCC(F)(F)F)cs1. The molecule has 0 aromatic carbocycles. The summed E-state index contributed by atoms with van der Waals surface area (Å²) in [6.45, 7) is 3.84. The van der Waals surface area contributed by atoms with Crippen molar-refractivity contribution in [2.45, 2.75) is 32.6 Å². The second kappa shape index (κ2) is 6.49. The Hall–Kier alpha value is -0.660. The van der Waals surface area contributed by atoms with E-state index in [-0.39, 0.29) is 6.04 Å². The summed E-state index contributed by atoms with van der Waals surface area (Å²) in [5.74, 6) is 0. The van der Waals surface area contributed by atoms with Crippen LogP contribution in [0.3, 0.4) is 0 Å². The van der Waals surface area contributed by atoms with Gasteiger partial charge in [-0.15, -0.1) is 11.3 Å². The molecule has 7 heteroatoms. The van der Waals surface area contributed by atoms with Gasteiger partial charge in [-0.3, -0.25) is 4.90 Å². The predicted octanol–water partition coefficient (Wildman–Crippen LogP) is 2.42. The highest BCUT2D eigenvalue weighted by molar-refractivity contribution is 7.09. The smallest absolute Gasteiger partial charge is 0.307 e. The van der Waals surface area contributed by atoms with Crippen molar-refractivity contribution in [3.63, 3.8) is 0 Å². The van der Waals surface area contributed by atoms with Crippen LogP contribution in [0.2, 0.25) is 0 Å². The Kier molecular flexibility index (Phi) is 5.55. The fraction of sp³-hybridized carbons (Fsp3) is 0.727. The number of aromatic nitrogens is 1. The maximum atomic E-state index is 12.0. The molecule has 1 N–H and O–H groups in total. The molecule has 3 nitrogen and oxygen atoms in total. The van der Waals surface area contributed by atoms with Crippen molar-refractivity contribution in [1.82, 2.24) is 15.2 Å². The Labute approximate surface area is 109 Å². The van der Waals surface area contributed by atoms with Crippen LogP contribution in [0, 0.1) is 6.92 Å². The number of hydrogen-bond donors (Lipinski definition) is 1. The average Bonchev–Trinajstić information content (AvgIpc) is 2.61. The van der Waals surface area contributed by atoms with Crippen molar-refractivity contribution in [3.8, 4) is 0 Å². The summed E-state index contributed by atoms with van der Waals surface area (Å²) in [7, 11) is 1.88. The van der Waals surface area contributed by atoms with Crippen LogP contribution in [0.5, 0.6) is 0 Å². The molecule has 1 rings (SSSR count). The minimum Gasteiger partial charge on any atom is -0.307 e. The molecule has 1 unspecified atom stereocenters. The molecule has 0 aliphatic rings. The van der Waals surface area contributed by atoms with Crippen molar-refractivity contribution in [3.05, 3.63) is 16.1 Å². The van der Waals surface area contributed by atoms with Gasteiger partial charge in [0.15, 0.2) is 0 Å². The van der Waals surface area contributed by atoms with E-state index in [1.54, 1.807) is 11.3 Å². The number of alkyl halides is 3. The maximum absolute atomic E-state index is 12.0. The van der Waals surface area contributed by atoms with Gasteiger partial charge >= 0.3 is 6.18 Å². The van der Waals surface area contributed by atoms with Crippen LogP contribution < -0.4 is 5.32 Å². The van der Waals surface area contributed by atoms with Gasteiger partial charge in [-0.1, -0.05) is 0 Å².